The molecule has 0 saturated heterocycles. The highest BCUT2D eigenvalue weighted by Gasteiger charge is 2.17. The molecule has 0 saturated carbocycles. The minimum absolute atomic E-state index is 0.146. The van der Waals surface area contributed by atoms with Gasteiger partial charge in [-0.2, -0.15) is 0 Å². The number of carbonyl (C=O) groups excluding carboxylic acids is 3. The number of hydrogen-bond donors (Lipinski definition) is 2. The van der Waals surface area contributed by atoms with E-state index in [1.165, 1.54) is 13.0 Å². The molecule has 0 fully saturated rings. The third-order valence-electron chi connectivity index (χ3n) is 3.95. The predicted octanol–water partition coefficient (Wildman–Crippen LogP) is 4.90. The third kappa shape index (κ3) is 5.25. The fraction of sp³-hybridized carbons (Fsp3) is 0.0952. The highest BCUT2D eigenvalue weighted by molar-refractivity contribution is 6.35. The minimum Gasteiger partial charge on any atom is -0.452 e. The Kier molecular flexibility index (Phi) is 6.36. The molecule has 0 heterocycles. The van der Waals surface area contributed by atoms with Gasteiger partial charge < -0.3 is 15.4 Å². The smallest absolute Gasteiger partial charge is 0.340 e. The molecule has 0 aliphatic rings. The predicted molar refractivity (Wildman–Crippen MR) is 114 cm³/mol. The summed E-state index contributed by atoms with van der Waals surface area (Å²) in [6, 6.07) is 15.3. The average molecular weight is 431 g/mol. The number of fused-ring (bicyclic) bond motifs is 1. The summed E-state index contributed by atoms with van der Waals surface area (Å²) in [5.74, 6) is -1.65. The lowest BCUT2D eigenvalue weighted by Gasteiger charge is -2.12. The van der Waals surface area contributed by atoms with Crippen LogP contribution in [0, 0.1) is 0 Å². The van der Waals surface area contributed by atoms with Gasteiger partial charge in [0, 0.05) is 11.9 Å². The van der Waals surface area contributed by atoms with Crippen LogP contribution in [-0.4, -0.2) is 24.4 Å². The molecule has 6 nitrogen and oxygen atoms in total. The minimum atomic E-state index is -0.744. The van der Waals surface area contributed by atoms with Gasteiger partial charge in [0.2, 0.25) is 5.91 Å². The molecule has 0 spiro atoms. The van der Waals surface area contributed by atoms with Crippen molar-refractivity contribution in [1.29, 1.82) is 0 Å². The van der Waals surface area contributed by atoms with Crippen molar-refractivity contribution >= 4 is 63.1 Å². The molecular weight excluding hydrogens is 415 g/mol. The van der Waals surface area contributed by atoms with E-state index in [0.29, 0.717) is 21.4 Å². The van der Waals surface area contributed by atoms with Gasteiger partial charge in [-0.15, -0.1) is 0 Å². The molecule has 0 atom stereocenters. The van der Waals surface area contributed by atoms with Gasteiger partial charge in [0.05, 0.1) is 22.0 Å². The van der Waals surface area contributed by atoms with Gasteiger partial charge in [0.15, 0.2) is 6.61 Å². The van der Waals surface area contributed by atoms with E-state index in [0.717, 1.165) is 10.8 Å². The number of benzene rings is 3. The molecule has 3 aromatic carbocycles. The van der Waals surface area contributed by atoms with E-state index in [4.69, 9.17) is 27.9 Å². The molecule has 3 rings (SSSR count). The number of rotatable bonds is 5. The van der Waals surface area contributed by atoms with Crippen molar-refractivity contribution in [1.82, 2.24) is 0 Å². The molecular formula is C21H16Cl2N2O4. The van der Waals surface area contributed by atoms with E-state index in [-0.39, 0.29) is 11.5 Å². The zero-order chi connectivity index (χ0) is 21.0. The maximum absolute atomic E-state index is 12.6. The molecule has 0 aliphatic heterocycles. The van der Waals surface area contributed by atoms with Crippen molar-refractivity contribution in [3.63, 3.8) is 0 Å². The number of amides is 2. The van der Waals surface area contributed by atoms with Crippen LogP contribution in [0.4, 0.5) is 11.4 Å². The van der Waals surface area contributed by atoms with E-state index >= 15 is 0 Å². The lowest BCUT2D eigenvalue weighted by molar-refractivity contribution is -0.119. The summed E-state index contributed by atoms with van der Waals surface area (Å²) in [6.07, 6.45) is 0. The monoisotopic (exact) mass is 430 g/mol. The molecule has 2 amide bonds. The van der Waals surface area contributed by atoms with Crippen LogP contribution >= 0.6 is 23.2 Å². The molecule has 148 valence electrons. The summed E-state index contributed by atoms with van der Waals surface area (Å²) in [5, 5.41) is 7.49. The highest BCUT2D eigenvalue weighted by atomic mass is 35.5. The van der Waals surface area contributed by atoms with Crippen LogP contribution in [0.1, 0.15) is 17.3 Å². The Balaban J connectivity index is 1.75. The van der Waals surface area contributed by atoms with Gasteiger partial charge in [-0.25, -0.2) is 4.79 Å². The Morgan fingerprint density at radius 3 is 2.28 bits per heavy atom. The summed E-state index contributed by atoms with van der Waals surface area (Å²) in [5.41, 5.74) is 0.761. The van der Waals surface area contributed by atoms with Crippen molar-refractivity contribution in [3.05, 3.63) is 70.2 Å². The van der Waals surface area contributed by atoms with E-state index < -0.39 is 18.5 Å². The molecule has 0 aliphatic carbocycles. The first-order valence-electron chi connectivity index (χ1n) is 8.56. The number of hydrogen-bond acceptors (Lipinski definition) is 4. The topological polar surface area (TPSA) is 84.5 Å². The second-order valence-corrected chi connectivity index (χ2v) is 7.02. The van der Waals surface area contributed by atoms with E-state index in [1.54, 1.807) is 24.3 Å². The van der Waals surface area contributed by atoms with Crippen LogP contribution in [0.15, 0.2) is 54.6 Å². The van der Waals surface area contributed by atoms with Crippen LogP contribution in [0.25, 0.3) is 10.8 Å². The lowest BCUT2D eigenvalue weighted by atomic mass is 10.0. The third-order valence-corrected chi connectivity index (χ3v) is 4.52. The Morgan fingerprint density at radius 1 is 0.897 bits per heavy atom. The van der Waals surface area contributed by atoms with Gasteiger partial charge in [-0.3, -0.25) is 9.59 Å². The van der Waals surface area contributed by atoms with Gasteiger partial charge in [0.1, 0.15) is 0 Å². The largest absolute Gasteiger partial charge is 0.452 e. The van der Waals surface area contributed by atoms with Crippen molar-refractivity contribution in [2.45, 2.75) is 6.92 Å². The van der Waals surface area contributed by atoms with Gasteiger partial charge >= 0.3 is 5.97 Å². The average Bonchev–Trinajstić information content (AvgIpc) is 2.68. The normalized spacial score (nSPS) is 10.4. The Hall–Kier alpha value is -3.09. The summed E-state index contributed by atoms with van der Waals surface area (Å²) in [7, 11) is 0. The standard InChI is InChI=1S/C21H16Cl2N2O4/c1-12(26)24-18-9-14-5-3-2-4-13(14)8-16(18)21(28)29-11-20(27)25-19-10-15(22)6-7-17(19)23/h2-10H,11H2,1H3,(H,24,26)(H,25,27). The molecule has 3 aromatic rings. The van der Waals surface area contributed by atoms with E-state index in [2.05, 4.69) is 10.6 Å². The van der Waals surface area contributed by atoms with Crippen LogP contribution in [0.5, 0.6) is 0 Å². The molecule has 0 aromatic heterocycles. The molecule has 0 radical (unpaired) electrons. The summed E-state index contributed by atoms with van der Waals surface area (Å²) >= 11 is 11.9. The Morgan fingerprint density at radius 2 is 1.59 bits per heavy atom. The van der Waals surface area contributed by atoms with Crippen LogP contribution in [0.2, 0.25) is 10.0 Å². The number of ether oxygens (including phenoxy) is 1. The SMILES string of the molecule is CC(=O)Nc1cc2ccccc2cc1C(=O)OCC(=O)Nc1cc(Cl)ccc1Cl. The number of anilines is 2. The van der Waals surface area contributed by atoms with Gasteiger partial charge in [-0.05, 0) is 41.1 Å². The van der Waals surface area contributed by atoms with Crippen LogP contribution < -0.4 is 10.6 Å². The Bertz CT molecular complexity index is 1120. The maximum Gasteiger partial charge on any atom is 0.340 e. The number of carbonyl (C=O) groups is 3. The van der Waals surface area contributed by atoms with Gasteiger partial charge in [0.25, 0.3) is 5.91 Å². The van der Waals surface area contributed by atoms with Crippen LogP contribution in [0.3, 0.4) is 0 Å². The number of esters is 1. The van der Waals surface area contributed by atoms with Gasteiger partial charge in [-0.1, -0.05) is 47.5 Å². The van der Waals surface area contributed by atoms with Crippen LogP contribution in [-0.2, 0) is 14.3 Å². The van der Waals surface area contributed by atoms with E-state index in [9.17, 15) is 14.4 Å². The lowest BCUT2D eigenvalue weighted by Crippen LogP contribution is -2.22. The van der Waals surface area contributed by atoms with Crippen molar-refractivity contribution < 1.29 is 19.1 Å². The zero-order valence-electron chi connectivity index (χ0n) is 15.3. The second kappa shape index (κ2) is 8.94. The summed E-state index contributed by atoms with van der Waals surface area (Å²) in [6.45, 7) is 0.806. The molecule has 0 bridgehead atoms. The fourth-order valence-corrected chi connectivity index (χ4v) is 3.03. The molecule has 29 heavy (non-hydrogen) atoms. The first kappa shape index (κ1) is 20.6. The molecule has 8 heteroatoms. The Labute approximate surface area is 176 Å². The second-order valence-electron chi connectivity index (χ2n) is 6.17. The molecule has 0 unspecified atom stereocenters. The summed E-state index contributed by atoms with van der Waals surface area (Å²) in [4.78, 5) is 36.2. The first-order chi connectivity index (χ1) is 13.8. The van der Waals surface area contributed by atoms with E-state index in [1.807, 2.05) is 24.3 Å². The fourth-order valence-electron chi connectivity index (χ4n) is 2.69. The maximum atomic E-state index is 12.6. The van der Waals surface area contributed by atoms with Crippen molar-refractivity contribution in [2.75, 3.05) is 17.2 Å². The zero-order valence-corrected chi connectivity index (χ0v) is 16.8. The highest BCUT2D eigenvalue weighted by Crippen LogP contribution is 2.26. The number of nitrogens with one attached hydrogen (secondary N) is 2. The molecule has 2 N–H and O–H groups in total. The number of halogens is 2. The summed E-state index contributed by atoms with van der Waals surface area (Å²) < 4.78 is 5.13. The van der Waals surface area contributed by atoms with Crippen molar-refractivity contribution in [3.8, 4) is 0 Å². The van der Waals surface area contributed by atoms with Crippen molar-refractivity contribution in [2.24, 2.45) is 0 Å². The first-order valence-corrected chi connectivity index (χ1v) is 9.31. The quantitative estimate of drug-likeness (QED) is 0.563.